The van der Waals surface area contributed by atoms with Crippen LogP contribution in [-0.4, -0.2) is 33.1 Å². The number of ether oxygens (including phenoxy) is 1. The molecule has 2 aromatic heterocycles. The minimum absolute atomic E-state index is 0.221. The SMILES string of the molecule is O=C(N[C@@H]1CCCC[C@H]1O)c1ncccc1OCc1ccncc1. The van der Waals surface area contributed by atoms with Gasteiger partial charge in [-0.2, -0.15) is 0 Å². The lowest BCUT2D eigenvalue weighted by Crippen LogP contribution is -2.45. The van der Waals surface area contributed by atoms with Crippen LogP contribution in [0.5, 0.6) is 5.75 Å². The van der Waals surface area contributed by atoms with Crippen LogP contribution in [0.1, 0.15) is 41.7 Å². The first kappa shape index (κ1) is 16.4. The van der Waals surface area contributed by atoms with Gasteiger partial charge in [-0.1, -0.05) is 12.8 Å². The molecule has 6 nitrogen and oxygen atoms in total. The number of rotatable bonds is 5. The lowest BCUT2D eigenvalue weighted by atomic mass is 9.92. The number of pyridine rings is 2. The van der Waals surface area contributed by atoms with Gasteiger partial charge in [-0.3, -0.25) is 9.78 Å². The molecule has 1 amide bonds. The number of aliphatic hydroxyl groups is 1. The van der Waals surface area contributed by atoms with Crippen LogP contribution < -0.4 is 10.1 Å². The third-order valence-electron chi connectivity index (χ3n) is 4.18. The average molecular weight is 327 g/mol. The van der Waals surface area contributed by atoms with Gasteiger partial charge in [0.15, 0.2) is 11.4 Å². The van der Waals surface area contributed by atoms with Crippen molar-refractivity contribution >= 4 is 5.91 Å². The van der Waals surface area contributed by atoms with Gasteiger partial charge >= 0.3 is 0 Å². The summed E-state index contributed by atoms with van der Waals surface area (Å²) in [5.41, 5.74) is 1.20. The number of carbonyl (C=O) groups is 1. The summed E-state index contributed by atoms with van der Waals surface area (Å²) in [5, 5.41) is 12.9. The van der Waals surface area contributed by atoms with Crippen LogP contribution in [0.4, 0.5) is 0 Å². The zero-order valence-electron chi connectivity index (χ0n) is 13.4. The van der Waals surface area contributed by atoms with Crippen molar-refractivity contribution in [1.82, 2.24) is 15.3 Å². The highest BCUT2D eigenvalue weighted by Gasteiger charge is 2.26. The van der Waals surface area contributed by atoms with Crippen LogP contribution in [0.3, 0.4) is 0 Å². The molecule has 126 valence electrons. The Labute approximate surface area is 140 Å². The maximum Gasteiger partial charge on any atom is 0.274 e. The first-order valence-corrected chi connectivity index (χ1v) is 8.19. The van der Waals surface area contributed by atoms with E-state index in [9.17, 15) is 9.90 Å². The molecule has 2 heterocycles. The smallest absolute Gasteiger partial charge is 0.274 e. The standard InChI is InChI=1S/C18H21N3O3/c22-15-5-2-1-4-14(15)21-18(23)17-16(6-3-9-20-17)24-12-13-7-10-19-11-8-13/h3,6-11,14-15,22H,1-2,4-5,12H2,(H,21,23)/t14-,15-/m1/s1. The molecular weight excluding hydrogens is 306 g/mol. The summed E-state index contributed by atoms with van der Waals surface area (Å²) in [6.07, 6.45) is 7.97. The van der Waals surface area contributed by atoms with Gasteiger partial charge in [0.1, 0.15) is 6.61 Å². The van der Waals surface area contributed by atoms with E-state index >= 15 is 0 Å². The number of nitrogens with one attached hydrogen (secondary N) is 1. The third kappa shape index (κ3) is 4.08. The summed E-state index contributed by atoms with van der Waals surface area (Å²) < 4.78 is 5.75. The molecule has 0 aromatic carbocycles. The molecule has 6 heteroatoms. The second kappa shape index (κ2) is 7.88. The van der Waals surface area contributed by atoms with E-state index in [4.69, 9.17) is 4.74 Å². The van der Waals surface area contributed by atoms with Crippen LogP contribution in [0.2, 0.25) is 0 Å². The van der Waals surface area contributed by atoms with E-state index in [-0.39, 0.29) is 17.6 Å². The molecule has 0 spiro atoms. The Hall–Kier alpha value is -2.47. The first-order chi connectivity index (χ1) is 11.7. The normalized spacial score (nSPS) is 20.4. The molecular formula is C18H21N3O3. The molecule has 1 aliphatic carbocycles. The number of carbonyl (C=O) groups excluding carboxylic acids is 1. The van der Waals surface area contributed by atoms with Crippen LogP contribution in [-0.2, 0) is 6.61 Å². The number of nitrogens with zero attached hydrogens (tertiary/aromatic N) is 2. The molecule has 0 unspecified atom stereocenters. The molecule has 0 aliphatic heterocycles. The third-order valence-corrected chi connectivity index (χ3v) is 4.18. The van der Waals surface area contributed by atoms with Crippen LogP contribution in [0, 0.1) is 0 Å². The van der Waals surface area contributed by atoms with E-state index < -0.39 is 6.10 Å². The zero-order chi connectivity index (χ0) is 16.8. The van der Waals surface area contributed by atoms with Gasteiger partial charge in [0.25, 0.3) is 5.91 Å². The van der Waals surface area contributed by atoms with E-state index in [1.54, 1.807) is 30.7 Å². The van der Waals surface area contributed by atoms with Crippen LogP contribution in [0.15, 0.2) is 42.9 Å². The summed E-state index contributed by atoms with van der Waals surface area (Å²) in [4.78, 5) is 20.6. The Kier molecular flexibility index (Phi) is 5.38. The van der Waals surface area contributed by atoms with Gasteiger partial charge in [-0.05, 0) is 42.7 Å². The molecule has 0 bridgehead atoms. The molecule has 3 rings (SSSR count). The summed E-state index contributed by atoms with van der Waals surface area (Å²) in [6.45, 7) is 0.334. The van der Waals surface area contributed by atoms with Gasteiger partial charge in [-0.15, -0.1) is 0 Å². The minimum Gasteiger partial charge on any atom is -0.486 e. The quantitative estimate of drug-likeness (QED) is 0.878. The molecule has 24 heavy (non-hydrogen) atoms. The van der Waals surface area contributed by atoms with Crippen molar-refractivity contribution in [2.45, 2.75) is 44.4 Å². The first-order valence-electron chi connectivity index (χ1n) is 8.19. The Morgan fingerprint density at radius 3 is 2.79 bits per heavy atom. The van der Waals surface area contributed by atoms with Gasteiger partial charge in [0.05, 0.1) is 12.1 Å². The van der Waals surface area contributed by atoms with Gasteiger partial charge < -0.3 is 15.2 Å². The van der Waals surface area contributed by atoms with E-state index in [0.29, 0.717) is 12.4 Å². The van der Waals surface area contributed by atoms with E-state index in [0.717, 1.165) is 31.2 Å². The summed E-state index contributed by atoms with van der Waals surface area (Å²) in [5.74, 6) is 0.114. The Morgan fingerprint density at radius 2 is 2.00 bits per heavy atom. The van der Waals surface area contributed by atoms with Crippen LogP contribution in [0.25, 0.3) is 0 Å². The van der Waals surface area contributed by atoms with Gasteiger partial charge in [-0.25, -0.2) is 4.98 Å². The van der Waals surface area contributed by atoms with Crippen molar-refractivity contribution in [2.75, 3.05) is 0 Å². The fraction of sp³-hybridized carbons (Fsp3) is 0.389. The van der Waals surface area contributed by atoms with E-state index in [1.807, 2.05) is 12.1 Å². The van der Waals surface area contributed by atoms with Gasteiger partial charge in [0, 0.05) is 18.6 Å². The predicted molar refractivity (Wildman–Crippen MR) is 88.5 cm³/mol. The van der Waals surface area contributed by atoms with Crippen molar-refractivity contribution in [1.29, 1.82) is 0 Å². The molecule has 2 N–H and O–H groups in total. The van der Waals surface area contributed by atoms with Gasteiger partial charge in [0.2, 0.25) is 0 Å². The predicted octanol–water partition coefficient (Wildman–Crippen LogP) is 2.09. The maximum atomic E-state index is 12.5. The summed E-state index contributed by atoms with van der Waals surface area (Å²) in [7, 11) is 0. The molecule has 1 fully saturated rings. The van der Waals surface area contributed by atoms with Crippen molar-refractivity contribution in [2.24, 2.45) is 0 Å². The fourth-order valence-electron chi connectivity index (χ4n) is 2.83. The highest BCUT2D eigenvalue weighted by molar-refractivity contribution is 5.95. The molecule has 1 saturated carbocycles. The lowest BCUT2D eigenvalue weighted by Gasteiger charge is -2.28. The van der Waals surface area contributed by atoms with Crippen LogP contribution >= 0.6 is 0 Å². The Balaban J connectivity index is 1.67. The Bertz CT molecular complexity index is 678. The molecule has 0 radical (unpaired) electrons. The second-order valence-electron chi connectivity index (χ2n) is 5.93. The number of hydrogen-bond donors (Lipinski definition) is 2. The minimum atomic E-state index is -0.493. The van der Waals surface area contributed by atoms with E-state index in [2.05, 4.69) is 15.3 Å². The highest BCUT2D eigenvalue weighted by Crippen LogP contribution is 2.21. The number of amides is 1. The maximum absolute atomic E-state index is 12.5. The summed E-state index contributed by atoms with van der Waals surface area (Å²) >= 11 is 0. The molecule has 1 aliphatic rings. The average Bonchev–Trinajstić information content (AvgIpc) is 2.63. The van der Waals surface area contributed by atoms with Crippen molar-refractivity contribution in [3.8, 4) is 5.75 Å². The molecule has 2 aromatic rings. The number of aromatic nitrogens is 2. The highest BCUT2D eigenvalue weighted by atomic mass is 16.5. The molecule has 0 saturated heterocycles. The van der Waals surface area contributed by atoms with Crippen molar-refractivity contribution in [3.05, 3.63) is 54.1 Å². The zero-order valence-corrected chi connectivity index (χ0v) is 13.4. The van der Waals surface area contributed by atoms with Crippen molar-refractivity contribution in [3.63, 3.8) is 0 Å². The second-order valence-corrected chi connectivity index (χ2v) is 5.93. The number of hydrogen-bond acceptors (Lipinski definition) is 5. The fourth-order valence-corrected chi connectivity index (χ4v) is 2.83. The Morgan fingerprint density at radius 1 is 1.21 bits per heavy atom. The summed E-state index contributed by atoms with van der Waals surface area (Å²) in [6, 6.07) is 6.94. The topological polar surface area (TPSA) is 84.3 Å². The van der Waals surface area contributed by atoms with E-state index in [1.165, 1.54) is 0 Å². The largest absolute Gasteiger partial charge is 0.486 e. The monoisotopic (exact) mass is 327 g/mol. The van der Waals surface area contributed by atoms with Crippen molar-refractivity contribution < 1.29 is 14.6 Å². The molecule has 2 atom stereocenters. The number of aliphatic hydroxyl groups excluding tert-OH is 1. The lowest BCUT2D eigenvalue weighted by molar-refractivity contribution is 0.0710.